The maximum Gasteiger partial charge on any atom is 0.266 e. The minimum atomic E-state index is -0.251. The number of rotatable bonds is 5. The van der Waals surface area contributed by atoms with Crippen molar-refractivity contribution in [2.75, 3.05) is 31.6 Å². The standard InChI is InChI=1S/C22H23FN2O2S2/c1-14-15(2)29-22(24-21(26)18-4-3-13-28-18)19(14)20(25-9-11-27-12-10-25)16-5-7-17(23)8-6-16/h3-8,13,20H,9-12H2,1-2H3,(H,24,26)/t20-/m1/s1. The predicted molar refractivity (Wildman–Crippen MR) is 117 cm³/mol. The minimum absolute atomic E-state index is 0.0666. The van der Waals surface area contributed by atoms with Gasteiger partial charge in [-0.3, -0.25) is 9.69 Å². The Bertz CT molecular complexity index is 977. The van der Waals surface area contributed by atoms with Gasteiger partial charge in [0.15, 0.2) is 0 Å². The summed E-state index contributed by atoms with van der Waals surface area (Å²) < 4.78 is 19.2. The normalized spacial score (nSPS) is 16.0. The van der Waals surface area contributed by atoms with Gasteiger partial charge in [-0.15, -0.1) is 22.7 Å². The Hall–Kier alpha value is -2.06. The van der Waals surface area contributed by atoms with E-state index in [1.807, 2.05) is 29.6 Å². The number of carbonyl (C=O) groups excluding carboxylic acids is 1. The number of ether oxygens (including phenoxy) is 1. The van der Waals surface area contributed by atoms with Gasteiger partial charge in [0.25, 0.3) is 5.91 Å². The first-order valence-electron chi connectivity index (χ1n) is 9.56. The number of hydrogen-bond acceptors (Lipinski definition) is 5. The van der Waals surface area contributed by atoms with Crippen molar-refractivity contribution in [1.29, 1.82) is 0 Å². The number of carbonyl (C=O) groups is 1. The zero-order valence-electron chi connectivity index (χ0n) is 16.4. The van der Waals surface area contributed by atoms with Crippen LogP contribution in [0.1, 0.15) is 37.3 Å². The lowest BCUT2D eigenvalue weighted by atomic mass is 9.94. The fourth-order valence-electron chi connectivity index (χ4n) is 3.68. The first-order valence-corrected chi connectivity index (χ1v) is 11.3. The Morgan fingerprint density at radius 1 is 1.17 bits per heavy atom. The number of aryl methyl sites for hydroxylation is 1. The van der Waals surface area contributed by atoms with Crippen LogP contribution in [0.4, 0.5) is 9.39 Å². The Morgan fingerprint density at radius 3 is 2.55 bits per heavy atom. The quantitative estimate of drug-likeness (QED) is 0.602. The van der Waals surface area contributed by atoms with Gasteiger partial charge >= 0.3 is 0 Å². The third kappa shape index (κ3) is 4.28. The second kappa shape index (κ2) is 8.75. The van der Waals surface area contributed by atoms with Gasteiger partial charge in [0.05, 0.1) is 24.1 Å². The third-order valence-electron chi connectivity index (χ3n) is 5.27. The summed E-state index contributed by atoms with van der Waals surface area (Å²) in [7, 11) is 0. The number of nitrogens with zero attached hydrogens (tertiary/aromatic N) is 1. The average molecular weight is 431 g/mol. The molecule has 1 saturated heterocycles. The molecule has 2 aromatic heterocycles. The van der Waals surface area contributed by atoms with Crippen LogP contribution in [0.2, 0.25) is 0 Å². The molecule has 1 fully saturated rings. The molecule has 1 aromatic carbocycles. The Morgan fingerprint density at radius 2 is 1.90 bits per heavy atom. The van der Waals surface area contributed by atoms with E-state index < -0.39 is 0 Å². The van der Waals surface area contributed by atoms with Crippen molar-refractivity contribution in [3.63, 3.8) is 0 Å². The molecule has 0 unspecified atom stereocenters. The highest BCUT2D eigenvalue weighted by Crippen LogP contribution is 2.42. The summed E-state index contributed by atoms with van der Waals surface area (Å²) >= 11 is 3.02. The molecule has 3 aromatic rings. The van der Waals surface area contributed by atoms with Crippen LogP contribution in [0.3, 0.4) is 0 Å². The van der Waals surface area contributed by atoms with Gasteiger partial charge < -0.3 is 10.1 Å². The minimum Gasteiger partial charge on any atom is -0.379 e. The topological polar surface area (TPSA) is 41.6 Å². The summed E-state index contributed by atoms with van der Waals surface area (Å²) in [6, 6.07) is 10.3. The molecule has 3 heterocycles. The van der Waals surface area contributed by atoms with Crippen LogP contribution in [0.25, 0.3) is 0 Å². The van der Waals surface area contributed by atoms with Crippen molar-refractivity contribution in [3.05, 3.63) is 74.0 Å². The molecular weight excluding hydrogens is 407 g/mol. The van der Waals surface area contributed by atoms with Gasteiger partial charge in [-0.05, 0) is 48.6 Å². The number of benzene rings is 1. The molecule has 1 N–H and O–H groups in total. The molecule has 0 radical (unpaired) electrons. The summed E-state index contributed by atoms with van der Waals surface area (Å²) in [4.78, 5) is 17.0. The van der Waals surface area contributed by atoms with E-state index in [0.29, 0.717) is 18.1 Å². The third-order valence-corrected chi connectivity index (χ3v) is 7.28. The van der Waals surface area contributed by atoms with Crippen LogP contribution < -0.4 is 5.32 Å². The highest BCUT2D eigenvalue weighted by molar-refractivity contribution is 7.17. The number of hydrogen-bond donors (Lipinski definition) is 1. The molecule has 1 aliphatic rings. The predicted octanol–water partition coefficient (Wildman–Crippen LogP) is 5.24. The second-order valence-corrected chi connectivity index (χ2v) is 9.23. The summed E-state index contributed by atoms with van der Waals surface area (Å²) in [5.41, 5.74) is 3.27. The molecule has 1 amide bonds. The highest BCUT2D eigenvalue weighted by Gasteiger charge is 2.30. The molecule has 152 valence electrons. The van der Waals surface area contributed by atoms with Gasteiger partial charge in [-0.1, -0.05) is 18.2 Å². The number of anilines is 1. The number of nitrogens with one attached hydrogen (secondary N) is 1. The van der Waals surface area contributed by atoms with E-state index in [2.05, 4.69) is 24.1 Å². The monoisotopic (exact) mass is 430 g/mol. The molecular formula is C22H23FN2O2S2. The van der Waals surface area contributed by atoms with Crippen molar-refractivity contribution in [3.8, 4) is 0 Å². The molecule has 0 saturated carbocycles. The molecule has 4 nitrogen and oxygen atoms in total. The van der Waals surface area contributed by atoms with Crippen molar-refractivity contribution in [1.82, 2.24) is 4.90 Å². The number of thiophene rings is 2. The lowest BCUT2D eigenvalue weighted by Crippen LogP contribution is -2.39. The van der Waals surface area contributed by atoms with Gasteiger partial charge in [0.2, 0.25) is 0 Å². The lowest BCUT2D eigenvalue weighted by Gasteiger charge is -2.35. The van der Waals surface area contributed by atoms with Crippen LogP contribution in [0.5, 0.6) is 0 Å². The fraction of sp³-hybridized carbons (Fsp3) is 0.318. The summed E-state index contributed by atoms with van der Waals surface area (Å²) in [6.07, 6.45) is 0. The van der Waals surface area contributed by atoms with E-state index in [1.54, 1.807) is 11.3 Å². The van der Waals surface area contributed by atoms with Gasteiger partial charge in [0.1, 0.15) is 10.8 Å². The van der Waals surface area contributed by atoms with E-state index in [-0.39, 0.29) is 17.8 Å². The maximum absolute atomic E-state index is 13.6. The smallest absolute Gasteiger partial charge is 0.266 e. The van der Waals surface area contributed by atoms with E-state index >= 15 is 0 Å². The van der Waals surface area contributed by atoms with Crippen LogP contribution in [0, 0.1) is 19.7 Å². The molecule has 1 aliphatic heterocycles. The molecule has 0 spiro atoms. The van der Waals surface area contributed by atoms with Crippen molar-refractivity contribution >= 4 is 33.6 Å². The van der Waals surface area contributed by atoms with E-state index in [4.69, 9.17) is 4.74 Å². The van der Waals surface area contributed by atoms with E-state index in [1.165, 1.54) is 28.3 Å². The Balaban J connectivity index is 1.77. The number of amides is 1. The van der Waals surface area contributed by atoms with Crippen molar-refractivity contribution in [2.24, 2.45) is 0 Å². The summed E-state index contributed by atoms with van der Waals surface area (Å²) in [5.74, 6) is -0.346. The first-order chi connectivity index (χ1) is 14.0. The van der Waals surface area contributed by atoms with Crippen LogP contribution in [-0.2, 0) is 4.74 Å². The SMILES string of the molecule is Cc1sc(NC(=O)c2cccs2)c([C@@H](c2ccc(F)cc2)N2CCOCC2)c1C. The summed E-state index contributed by atoms with van der Waals surface area (Å²) in [6.45, 7) is 7.07. The van der Waals surface area contributed by atoms with Gasteiger partial charge in [0, 0.05) is 23.5 Å². The van der Waals surface area contributed by atoms with Crippen LogP contribution >= 0.6 is 22.7 Å². The van der Waals surface area contributed by atoms with Gasteiger partial charge in [-0.25, -0.2) is 4.39 Å². The molecule has 1 atom stereocenters. The molecule has 29 heavy (non-hydrogen) atoms. The van der Waals surface area contributed by atoms with E-state index in [0.717, 1.165) is 34.8 Å². The van der Waals surface area contributed by atoms with Gasteiger partial charge in [-0.2, -0.15) is 0 Å². The summed E-state index contributed by atoms with van der Waals surface area (Å²) in [5, 5.41) is 5.89. The molecule has 0 bridgehead atoms. The van der Waals surface area contributed by atoms with Crippen molar-refractivity contribution in [2.45, 2.75) is 19.9 Å². The molecule has 4 rings (SSSR count). The first kappa shape index (κ1) is 20.2. The van der Waals surface area contributed by atoms with E-state index in [9.17, 15) is 9.18 Å². The Kier molecular flexibility index (Phi) is 6.10. The van der Waals surface area contributed by atoms with Crippen LogP contribution in [-0.4, -0.2) is 37.1 Å². The number of halogens is 1. The zero-order chi connectivity index (χ0) is 20.4. The van der Waals surface area contributed by atoms with Crippen LogP contribution in [0.15, 0.2) is 41.8 Å². The Labute approximate surface area is 177 Å². The molecule has 0 aliphatic carbocycles. The maximum atomic E-state index is 13.6. The zero-order valence-corrected chi connectivity index (χ0v) is 18.0. The largest absolute Gasteiger partial charge is 0.379 e. The van der Waals surface area contributed by atoms with Crippen molar-refractivity contribution < 1.29 is 13.9 Å². The highest BCUT2D eigenvalue weighted by atomic mass is 32.1. The molecule has 7 heteroatoms. The average Bonchev–Trinajstić information content (AvgIpc) is 3.35. The number of morpholine rings is 1. The second-order valence-electron chi connectivity index (χ2n) is 7.06. The lowest BCUT2D eigenvalue weighted by molar-refractivity contribution is 0.0240. The fourth-order valence-corrected chi connectivity index (χ4v) is 5.39.